The minimum Gasteiger partial charge on any atom is -0.370 e. The molecule has 0 N–H and O–H groups in total. The van der Waals surface area contributed by atoms with Crippen molar-refractivity contribution >= 4 is 17.2 Å². The second-order valence-corrected chi connectivity index (χ2v) is 4.72. The Hall–Kier alpha value is -1.84. The highest BCUT2D eigenvalue weighted by Crippen LogP contribution is 2.26. The van der Waals surface area contributed by atoms with Crippen molar-refractivity contribution in [3.63, 3.8) is 0 Å². The van der Waals surface area contributed by atoms with Gasteiger partial charge in [-0.15, -0.1) is 0 Å². The van der Waals surface area contributed by atoms with Crippen LogP contribution in [0.2, 0.25) is 5.02 Å². The van der Waals surface area contributed by atoms with Gasteiger partial charge in [0, 0.05) is 13.3 Å². The van der Waals surface area contributed by atoms with E-state index in [1.54, 1.807) is 7.11 Å². The predicted octanol–water partition coefficient (Wildman–Crippen LogP) is 3.72. The molecule has 96 valence electrons. The fourth-order valence-electron chi connectivity index (χ4n) is 2.22. The predicted molar refractivity (Wildman–Crippen MR) is 75.5 cm³/mol. The molecule has 19 heavy (non-hydrogen) atoms. The van der Waals surface area contributed by atoms with Gasteiger partial charge >= 0.3 is 0 Å². The molecule has 3 nitrogen and oxygen atoms in total. The van der Waals surface area contributed by atoms with Gasteiger partial charge in [0.1, 0.15) is 11.8 Å². The van der Waals surface area contributed by atoms with E-state index in [-0.39, 0.29) is 6.10 Å². The maximum absolute atomic E-state index is 6.05. The van der Waals surface area contributed by atoms with E-state index in [9.17, 15) is 0 Å². The third kappa shape index (κ3) is 2.23. The Labute approximate surface area is 116 Å². The molecule has 0 radical (unpaired) electrons. The topological polar surface area (TPSA) is 26.5 Å². The van der Waals surface area contributed by atoms with Crippen LogP contribution in [-0.2, 0) is 4.74 Å². The lowest BCUT2D eigenvalue weighted by molar-refractivity contribution is 0.132. The van der Waals surface area contributed by atoms with Crippen LogP contribution in [0.15, 0.2) is 54.9 Å². The molecule has 1 aromatic carbocycles. The first-order valence-corrected chi connectivity index (χ1v) is 6.37. The highest BCUT2D eigenvalue weighted by Gasteiger charge is 2.17. The lowest BCUT2D eigenvalue weighted by Crippen LogP contribution is -2.06. The van der Waals surface area contributed by atoms with E-state index in [2.05, 4.69) is 4.98 Å². The largest absolute Gasteiger partial charge is 0.370 e. The molecule has 0 amide bonds. The number of halogens is 1. The monoisotopic (exact) mass is 272 g/mol. The first-order valence-electron chi connectivity index (χ1n) is 6.00. The molecule has 0 spiro atoms. The van der Waals surface area contributed by atoms with Gasteiger partial charge in [-0.3, -0.25) is 4.40 Å². The van der Waals surface area contributed by atoms with Crippen LogP contribution in [0.25, 0.3) is 5.65 Å². The van der Waals surface area contributed by atoms with Gasteiger partial charge in [-0.05, 0) is 17.7 Å². The Morgan fingerprint density at radius 3 is 2.68 bits per heavy atom. The second-order valence-electron chi connectivity index (χ2n) is 4.29. The molecular weight excluding hydrogens is 260 g/mol. The summed E-state index contributed by atoms with van der Waals surface area (Å²) in [7, 11) is 1.70. The number of hydrogen-bond donors (Lipinski definition) is 0. The molecule has 4 heteroatoms. The Balaban J connectivity index is 2.14. The van der Waals surface area contributed by atoms with Gasteiger partial charge in [-0.25, -0.2) is 4.98 Å². The van der Waals surface area contributed by atoms with Crippen molar-refractivity contribution < 1.29 is 4.74 Å². The smallest absolute Gasteiger partial charge is 0.137 e. The van der Waals surface area contributed by atoms with Gasteiger partial charge in [0.15, 0.2) is 0 Å². The first kappa shape index (κ1) is 12.2. The van der Waals surface area contributed by atoms with Crippen molar-refractivity contribution in [2.24, 2.45) is 0 Å². The minimum atomic E-state index is -0.158. The van der Waals surface area contributed by atoms with E-state index in [0.717, 1.165) is 16.9 Å². The third-order valence-electron chi connectivity index (χ3n) is 3.10. The molecule has 0 aliphatic rings. The van der Waals surface area contributed by atoms with E-state index in [0.29, 0.717) is 5.02 Å². The van der Waals surface area contributed by atoms with Crippen LogP contribution < -0.4 is 0 Å². The van der Waals surface area contributed by atoms with Crippen LogP contribution in [0.1, 0.15) is 17.4 Å². The molecule has 0 bridgehead atoms. The van der Waals surface area contributed by atoms with E-state index in [1.165, 1.54) is 0 Å². The number of imidazole rings is 1. The Kier molecular flexibility index (Phi) is 3.23. The van der Waals surface area contributed by atoms with Gasteiger partial charge in [0.05, 0.1) is 16.9 Å². The summed E-state index contributed by atoms with van der Waals surface area (Å²) >= 11 is 6.05. The first-order chi connectivity index (χ1) is 9.29. The average Bonchev–Trinajstić information content (AvgIpc) is 2.84. The molecule has 0 aliphatic heterocycles. The number of methoxy groups -OCH3 is 1. The average molecular weight is 273 g/mol. The molecule has 0 saturated heterocycles. The highest BCUT2D eigenvalue weighted by atomic mass is 35.5. The van der Waals surface area contributed by atoms with Crippen molar-refractivity contribution in [3.05, 3.63) is 71.1 Å². The van der Waals surface area contributed by atoms with Crippen molar-refractivity contribution in [2.45, 2.75) is 6.10 Å². The van der Waals surface area contributed by atoms with Crippen molar-refractivity contribution in [1.82, 2.24) is 9.38 Å². The van der Waals surface area contributed by atoms with Crippen molar-refractivity contribution in [3.8, 4) is 0 Å². The fourth-order valence-corrected chi connectivity index (χ4v) is 2.38. The normalized spacial score (nSPS) is 12.7. The van der Waals surface area contributed by atoms with Gasteiger partial charge in [0.2, 0.25) is 0 Å². The highest BCUT2D eigenvalue weighted by molar-refractivity contribution is 6.30. The summed E-state index contributed by atoms with van der Waals surface area (Å²) in [6.45, 7) is 0. The van der Waals surface area contributed by atoms with E-state index in [1.807, 2.05) is 59.3 Å². The molecule has 2 aromatic heterocycles. The number of fused-ring (bicyclic) bond motifs is 1. The summed E-state index contributed by atoms with van der Waals surface area (Å²) in [4.78, 5) is 4.38. The zero-order valence-electron chi connectivity index (χ0n) is 10.5. The van der Waals surface area contributed by atoms with Gasteiger partial charge in [-0.1, -0.05) is 41.9 Å². The molecule has 0 saturated carbocycles. The summed E-state index contributed by atoms with van der Waals surface area (Å²) in [5.41, 5.74) is 2.91. The van der Waals surface area contributed by atoms with Crippen LogP contribution in [0.3, 0.4) is 0 Å². The van der Waals surface area contributed by atoms with Gasteiger partial charge < -0.3 is 4.74 Å². The maximum atomic E-state index is 6.05. The number of pyridine rings is 1. The number of aromatic nitrogens is 2. The quantitative estimate of drug-likeness (QED) is 0.726. The van der Waals surface area contributed by atoms with Crippen LogP contribution in [-0.4, -0.2) is 16.5 Å². The summed E-state index contributed by atoms with van der Waals surface area (Å²) in [5, 5.41) is 0.676. The molecule has 0 aliphatic carbocycles. The lowest BCUT2D eigenvalue weighted by atomic mass is 10.1. The van der Waals surface area contributed by atoms with Crippen molar-refractivity contribution in [1.29, 1.82) is 0 Å². The van der Waals surface area contributed by atoms with Crippen LogP contribution >= 0.6 is 11.6 Å². The standard InChI is InChI=1S/C15H13ClN2O/c1-19-15(11-5-3-2-4-6-11)13-9-17-14-8-7-12(16)10-18(13)14/h2-10,15H,1H3. The van der Waals surface area contributed by atoms with E-state index < -0.39 is 0 Å². The third-order valence-corrected chi connectivity index (χ3v) is 3.33. The lowest BCUT2D eigenvalue weighted by Gasteiger charge is -2.15. The zero-order chi connectivity index (χ0) is 13.2. The zero-order valence-corrected chi connectivity index (χ0v) is 11.2. The number of nitrogens with zero attached hydrogens (tertiary/aromatic N) is 2. The molecule has 0 fully saturated rings. The molecule has 1 unspecified atom stereocenters. The van der Waals surface area contributed by atoms with Crippen molar-refractivity contribution in [2.75, 3.05) is 7.11 Å². The number of hydrogen-bond acceptors (Lipinski definition) is 2. The molecule has 2 heterocycles. The Morgan fingerprint density at radius 2 is 1.95 bits per heavy atom. The number of benzene rings is 1. The second kappa shape index (κ2) is 5.03. The summed E-state index contributed by atoms with van der Waals surface area (Å²) in [6, 6.07) is 13.8. The molecule has 3 rings (SSSR count). The SMILES string of the molecule is COC(c1ccccc1)c1cnc2ccc(Cl)cn12. The van der Waals surface area contributed by atoms with Crippen LogP contribution in [0.5, 0.6) is 0 Å². The minimum absolute atomic E-state index is 0.158. The summed E-state index contributed by atoms with van der Waals surface area (Å²) < 4.78 is 7.59. The van der Waals surface area contributed by atoms with Crippen LogP contribution in [0.4, 0.5) is 0 Å². The van der Waals surface area contributed by atoms with E-state index in [4.69, 9.17) is 16.3 Å². The molecule has 3 aromatic rings. The van der Waals surface area contributed by atoms with E-state index >= 15 is 0 Å². The number of ether oxygens (including phenoxy) is 1. The molecular formula is C15H13ClN2O. The Bertz CT molecular complexity index is 694. The summed E-state index contributed by atoms with van der Waals surface area (Å²) in [5.74, 6) is 0. The fraction of sp³-hybridized carbons (Fsp3) is 0.133. The maximum Gasteiger partial charge on any atom is 0.137 e. The van der Waals surface area contributed by atoms with Gasteiger partial charge in [0.25, 0.3) is 0 Å². The Morgan fingerprint density at radius 1 is 1.16 bits per heavy atom. The van der Waals surface area contributed by atoms with Crippen LogP contribution in [0, 0.1) is 0 Å². The van der Waals surface area contributed by atoms with Gasteiger partial charge in [-0.2, -0.15) is 0 Å². The summed E-state index contributed by atoms with van der Waals surface area (Å²) in [6.07, 6.45) is 3.52. The number of rotatable bonds is 3. The molecule has 1 atom stereocenters.